The van der Waals surface area contributed by atoms with Gasteiger partial charge in [0.25, 0.3) is 0 Å². The fraction of sp³-hybridized carbons (Fsp3) is 0.588. The highest BCUT2D eigenvalue weighted by Gasteiger charge is 2.42. The molecule has 108 valence electrons. The van der Waals surface area contributed by atoms with Crippen LogP contribution in [-0.2, 0) is 16.0 Å². The first-order valence-corrected chi connectivity index (χ1v) is 7.58. The van der Waals surface area contributed by atoms with Crippen LogP contribution in [0.25, 0.3) is 0 Å². The molecule has 0 N–H and O–H groups in total. The molecule has 1 amide bonds. The summed E-state index contributed by atoms with van der Waals surface area (Å²) in [6.07, 6.45) is 4.70. The van der Waals surface area contributed by atoms with E-state index in [9.17, 15) is 4.79 Å². The normalized spacial score (nSPS) is 25.1. The van der Waals surface area contributed by atoms with Gasteiger partial charge in [-0.15, -0.1) is 0 Å². The minimum atomic E-state index is 0.208. The van der Waals surface area contributed by atoms with Gasteiger partial charge in [0.15, 0.2) is 0 Å². The Balaban J connectivity index is 1.56. The predicted molar refractivity (Wildman–Crippen MR) is 78.4 cm³/mol. The molecule has 2 aliphatic rings. The zero-order chi connectivity index (χ0) is 14.0. The largest absolute Gasteiger partial charge is 0.377 e. The molecule has 1 atom stereocenters. The predicted octanol–water partition coefficient (Wildman–Crippen LogP) is 2.65. The maximum absolute atomic E-state index is 11.4. The van der Waals surface area contributed by atoms with Crippen molar-refractivity contribution in [1.82, 2.24) is 4.90 Å². The Morgan fingerprint density at radius 3 is 2.65 bits per heavy atom. The van der Waals surface area contributed by atoms with Gasteiger partial charge < -0.3 is 9.64 Å². The smallest absolute Gasteiger partial charge is 0.219 e. The fourth-order valence-electron chi connectivity index (χ4n) is 3.55. The first-order valence-electron chi connectivity index (χ1n) is 7.58. The molecule has 3 nitrogen and oxygen atoms in total. The summed E-state index contributed by atoms with van der Waals surface area (Å²) < 4.78 is 6.04. The second-order valence-electron chi connectivity index (χ2n) is 6.33. The molecule has 1 aromatic rings. The van der Waals surface area contributed by atoms with Crippen molar-refractivity contribution in [2.24, 2.45) is 5.41 Å². The number of hydrogen-bond donors (Lipinski definition) is 0. The second-order valence-corrected chi connectivity index (χ2v) is 6.33. The highest BCUT2D eigenvalue weighted by Crippen LogP contribution is 2.42. The van der Waals surface area contributed by atoms with Gasteiger partial charge in [-0.05, 0) is 36.7 Å². The van der Waals surface area contributed by atoms with E-state index in [-0.39, 0.29) is 5.91 Å². The van der Waals surface area contributed by atoms with Crippen molar-refractivity contribution in [2.45, 2.75) is 38.7 Å². The van der Waals surface area contributed by atoms with Crippen molar-refractivity contribution in [3.05, 3.63) is 35.9 Å². The summed E-state index contributed by atoms with van der Waals surface area (Å²) in [6.45, 7) is 4.34. The molecule has 20 heavy (non-hydrogen) atoms. The molecule has 0 unspecified atom stereocenters. The number of ether oxygens (including phenoxy) is 1. The third-order valence-electron chi connectivity index (χ3n) is 4.86. The van der Waals surface area contributed by atoms with Crippen LogP contribution in [0.3, 0.4) is 0 Å². The quantitative estimate of drug-likeness (QED) is 0.829. The monoisotopic (exact) mass is 273 g/mol. The van der Waals surface area contributed by atoms with Crippen LogP contribution in [0, 0.1) is 5.41 Å². The maximum atomic E-state index is 11.4. The van der Waals surface area contributed by atoms with Gasteiger partial charge in [0, 0.05) is 20.0 Å². The average molecular weight is 273 g/mol. The Hall–Kier alpha value is -1.35. The number of nitrogens with zero attached hydrogens (tertiary/aromatic N) is 1. The van der Waals surface area contributed by atoms with Crippen molar-refractivity contribution in [3.63, 3.8) is 0 Å². The zero-order valence-electron chi connectivity index (χ0n) is 12.2. The van der Waals surface area contributed by atoms with Crippen LogP contribution in [0.2, 0.25) is 0 Å². The summed E-state index contributed by atoms with van der Waals surface area (Å²) in [4.78, 5) is 13.4. The van der Waals surface area contributed by atoms with E-state index in [4.69, 9.17) is 4.74 Å². The molecule has 3 rings (SSSR count). The number of hydrogen-bond acceptors (Lipinski definition) is 2. The Labute approximate surface area is 120 Å². The summed E-state index contributed by atoms with van der Waals surface area (Å²) in [6, 6.07) is 10.6. The Morgan fingerprint density at radius 2 is 2.00 bits per heavy atom. The number of carbonyl (C=O) groups excluding carboxylic acids is 1. The molecule has 2 heterocycles. The lowest BCUT2D eigenvalue weighted by atomic mass is 9.76. The number of rotatable bonds is 2. The number of benzene rings is 1. The number of likely N-dealkylation sites (tertiary alicyclic amines) is 1. The van der Waals surface area contributed by atoms with E-state index in [1.54, 1.807) is 6.92 Å². The lowest BCUT2D eigenvalue weighted by Gasteiger charge is -2.38. The van der Waals surface area contributed by atoms with E-state index < -0.39 is 0 Å². The zero-order valence-corrected chi connectivity index (χ0v) is 12.2. The van der Waals surface area contributed by atoms with Crippen molar-refractivity contribution < 1.29 is 9.53 Å². The first kappa shape index (κ1) is 13.6. The molecule has 0 saturated carbocycles. The third kappa shape index (κ3) is 2.88. The minimum Gasteiger partial charge on any atom is -0.377 e. The molecule has 1 spiro atoms. The van der Waals surface area contributed by atoms with E-state index in [0.29, 0.717) is 11.5 Å². The fourth-order valence-corrected chi connectivity index (χ4v) is 3.55. The molecule has 0 radical (unpaired) electrons. The highest BCUT2D eigenvalue weighted by atomic mass is 16.5. The van der Waals surface area contributed by atoms with Gasteiger partial charge in [0.2, 0.25) is 5.91 Å². The van der Waals surface area contributed by atoms with Gasteiger partial charge >= 0.3 is 0 Å². The van der Waals surface area contributed by atoms with Crippen molar-refractivity contribution in [1.29, 1.82) is 0 Å². The maximum Gasteiger partial charge on any atom is 0.219 e. The van der Waals surface area contributed by atoms with E-state index in [2.05, 4.69) is 30.3 Å². The minimum absolute atomic E-state index is 0.208. The van der Waals surface area contributed by atoms with Crippen LogP contribution >= 0.6 is 0 Å². The summed E-state index contributed by atoms with van der Waals surface area (Å²) >= 11 is 0. The Bertz CT molecular complexity index is 463. The lowest BCUT2D eigenvalue weighted by Crippen LogP contribution is -2.42. The van der Waals surface area contributed by atoms with Crippen LogP contribution in [0.15, 0.2) is 30.3 Å². The highest BCUT2D eigenvalue weighted by molar-refractivity contribution is 5.73. The van der Waals surface area contributed by atoms with E-state index in [0.717, 1.165) is 45.4 Å². The van der Waals surface area contributed by atoms with E-state index >= 15 is 0 Å². The summed E-state index contributed by atoms with van der Waals surface area (Å²) in [5.74, 6) is 0.208. The summed E-state index contributed by atoms with van der Waals surface area (Å²) in [5, 5.41) is 0. The first-order chi connectivity index (χ1) is 9.67. The Kier molecular flexibility index (Phi) is 3.79. The molecule has 2 fully saturated rings. The molecule has 1 aromatic carbocycles. The number of carbonyl (C=O) groups is 1. The average Bonchev–Trinajstić information content (AvgIpc) is 2.83. The molecule has 0 bridgehead atoms. The van der Waals surface area contributed by atoms with Gasteiger partial charge in [-0.1, -0.05) is 30.3 Å². The standard InChI is InChI=1S/C17H23NO2/c1-14(19)18-9-7-17(8-10-18)12-16(20-13-17)11-15-5-3-2-4-6-15/h2-6,16H,7-13H2,1H3/t16-/m1/s1. The van der Waals surface area contributed by atoms with Crippen LogP contribution in [0.4, 0.5) is 0 Å². The molecular formula is C17H23NO2. The van der Waals surface area contributed by atoms with Gasteiger partial charge in [-0.3, -0.25) is 4.79 Å². The summed E-state index contributed by atoms with van der Waals surface area (Å²) in [5.41, 5.74) is 1.68. The van der Waals surface area contributed by atoms with Crippen LogP contribution in [-0.4, -0.2) is 36.6 Å². The molecule has 2 aliphatic heterocycles. The molecule has 0 aromatic heterocycles. The second kappa shape index (κ2) is 5.57. The van der Waals surface area contributed by atoms with Gasteiger partial charge in [0.1, 0.15) is 0 Å². The van der Waals surface area contributed by atoms with Crippen molar-refractivity contribution in [3.8, 4) is 0 Å². The van der Waals surface area contributed by atoms with Crippen LogP contribution < -0.4 is 0 Å². The van der Waals surface area contributed by atoms with Crippen LogP contribution in [0.1, 0.15) is 31.7 Å². The van der Waals surface area contributed by atoms with Gasteiger partial charge in [-0.25, -0.2) is 0 Å². The van der Waals surface area contributed by atoms with Crippen molar-refractivity contribution >= 4 is 5.91 Å². The number of amides is 1. The van der Waals surface area contributed by atoms with Crippen molar-refractivity contribution in [2.75, 3.05) is 19.7 Å². The molecule has 0 aliphatic carbocycles. The third-order valence-corrected chi connectivity index (χ3v) is 4.86. The SMILES string of the molecule is CC(=O)N1CCC2(CC1)CO[C@H](Cc1ccccc1)C2. The van der Waals surface area contributed by atoms with Gasteiger partial charge in [0.05, 0.1) is 12.7 Å². The Morgan fingerprint density at radius 1 is 1.30 bits per heavy atom. The van der Waals surface area contributed by atoms with Crippen LogP contribution in [0.5, 0.6) is 0 Å². The topological polar surface area (TPSA) is 29.5 Å². The molecular weight excluding hydrogens is 250 g/mol. The molecule has 2 saturated heterocycles. The lowest BCUT2D eigenvalue weighted by molar-refractivity contribution is -0.131. The van der Waals surface area contributed by atoms with E-state index in [1.807, 2.05) is 4.90 Å². The molecule has 3 heteroatoms. The van der Waals surface area contributed by atoms with Gasteiger partial charge in [-0.2, -0.15) is 0 Å². The van der Waals surface area contributed by atoms with E-state index in [1.165, 1.54) is 5.56 Å². The number of piperidine rings is 1. The summed E-state index contributed by atoms with van der Waals surface area (Å²) in [7, 11) is 0.